The smallest absolute Gasteiger partial charge is 0.330 e. The van der Waals surface area contributed by atoms with Crippen molar-refractivity contribution in [2.75, 3.05) is 12.4 Å². The Kier molecular flexibility index (Phi) is 10.5. The van der Waals surface area contributed by atoms with E-state index in [1.165, 1.54) is 36.1 Å². The number of aromatic nitrogens is 1. The number of benzene rings is 1. The SMILES string of the molecule is COC(=O)/C=C/CC[C@H](NC(=O)c1oc2ccccc2c1C)C(=O)Nc1cccn(CC(=O)NC2CCC(C)CC2)c1=O. The first-order valence-electron chi connectivity index (χ1n) is 14.5. The number of nitrogens with one attached hydrogen (secondary N) is 3. The predicted molar refractivity (Wildman–Crippen MR) is 161 cm³/mol. The van der Waals surface area contributed by atoms with Gasteiger partial charge in [-0.25, -0.2) is 4.79 Å². The van der Waals surface area contributed by atoms with Crippen LogP contribution in [-0.2, 0) is 25.7 Å². The van der Waals surface area contributed by atoms with Gasteiger partial charge in [0.1, 0.15) is 23.9 Å². The Morgan fingerprint density at radius 1 is 1.09 bits per heavy atom. The van der Waals surface area contributed by atoms with Crippen LogP contribution in [0, 0.1) is 12.8 Å². The molecule has 0 saturated heterocycles. The Labute approximate surface area is 249 Å². The van der Waals surface area contributed by atoms with Gasteiger partial charge in [-0.05, 0) is 69.6 Å². The zero-order chi connectivity index (χ0) is 30.9. The molecule has 0 spiro atoms. The van der Waals surface area contributed by atoms with Gasteiger partial charge in [0.15, 0.2) is 5.76 Å². The topological polar surface area (TPSA) is 149 Å². The number of nitrogens with zero attached hydrogens (tertiary/aromatic N) is 1. The lowest BCUT2D eigenvalue weighted by Crippen LogP contribution is -2.45. The number of anilines is 1. The third-order valence-electron chi connectivity index (χ3n) is 7.72. The Morgan fingerprint density at radius 3 is 2.56 bits per heavy atom. The number of allylic oxidation sites excluding steroid dienone is 1. The van der Waals surface area contributed by atoms with Gasteiger partial charge in [0.05, 0.1) is 7.11 Å². The van der Waals surface area contributed by atoms with E-state index in [1.807, 2.05) is 12.1 Å². The molecule has 1 aliphatic rings. The Morgan fingerprint density at radius 2 is 1.84 bits per heavy atom. The molecule has 11 heteroatoms. The molecule has 1 fully saturated rings. The molecular weight excluding hydrogens is 552 g/mol. The van der Waals surface area contributed by atoms with Crippen LogP contribution >= 0.6 is 0 Å². The van der Waals surface area contributed by atoms with Crippen LogP contribution in [0.15, 0.2) is 64.0 Å². The first kappa shape index (κ1) is 31.3. The van der Waals surface area contributed by atoms with Crippen molar-refractivity contribution in [1.29, 1.82) is 0 Å². The number of aryl methyl sites for hydroxylation is 1. The number of esters is 1. The summed E-state index contributed by atoms with van der Waals surface area (Å²) < 4.78 is 11.6. The van der Waals surface area contributed by atoms with E-state index in [1.54, 1.807) is 25.1 Å². The lowest BCUT2D eigenvalue weighted by molar-refractivity contribution is -0.134. The van der Waals surface area contributed by atoms with Gasteiger partial charge in [0, 0.05) is 29.3 Å². The molecule has 1 saturated carbocycles. The number of carbonyl (C=O) groups excluding carboxylic acids is 4. The first-order valence-corrected chi connectivity index (χ1v) is 14.5. The van der Waals surface area contributed by atoms with Crippen molar-refractivity contribution in [3.63, 3.8) is 0 Å². The second-order valence-corrected chi connectivity index (χ2v) is 10.9. The molecule has 2 aromatic heterocycles. The first-order chi connectivity index (χ1) is 20.7. The summed E-state index contributed by atoms with van der Waals surface area (Å²) >= 11 is 0. The molecule has 1 atom stereocenters. The summed E-state index contributed by atoms with van der Waals surface area (Å²) in [6, 6.07) is 9.24. The van der Waals surface area contributed by atoms with Crippen molar-refractivity contribution in [3.8, 4) is 0 Å². The predicted octanol–water partition coefficient (Wildman–Crippen LogP) is 3.84. The van der Waals surface area contributed by atoms with Gasteiger partial charge in [-0.3, -0.25) is 19.2 Å². The van der Waals surface area contributed by atoms with Crippen LogP contribution in [0.2, 0.25) is 0 Å². The quantitative estimate of drug-likeness (QED) is 0.227. The molecule has 1 aromatic carbocycles. The van der Waals surface area contributed by atoms with Gasteiger partial charge in [0.25, 0.3) is 11.5 Å². The van der Waals surface area contributed by atoms with Crippen molar-refractivity contribution in [2.24, 2.45) is 5.92 Å². The lowest BCUT2D eigenvalue weighted by atomic mass is 9.87. The van der Waals surface area contributed by atoms with E-state index in [9.17, 15) is 24.0 Å². The molecule has 0 radical (unpaired) electrons. The molecule has 0 bridgehead atoms. The van der Waals surface area contributed by atoms with Gasteiger partial charge in [-0.15, -0.1) is 0 Å². The number of fused-ring (bicyclic) bond motifs is 1. The number of hydrogen-bond donors (Lipinski definition) is 3. The fraction of sp³-hybridized carbons (Fsp3) is 0.406. The van der Waals surface area contributed by atoms with E-state index in [-0.39, 0.29) is 42.8 Å². The molecule has 43 heavy (non-hydrogen) atoms. The minimum absolute atomic E-state index is 0.0314. The highest BCUT2D eigenvalue weighted by Gasteiger charge is 2.26. The zero-order valence-corrected chi connectivity index (χ0v) is 24.7. The maximum atomic E-state index is 13.4. The summed E-state index contributed by atoms with van der Waals surface area (Å²) in [5, 5.41) is 9.09. The van der Waals surface area contributed by atoms with Crippen LogP contribution in [0.4, 0.5) is 5.69 Å². The van der Waals surface area contributed by atoms with Crippen molar-refractivity contribution >= 4 is 40.3 Å². The second kappa shape index (κ2) is 14.5. The molecular formula is C32H38N4O7. The second-order valence-electron chi connectivity index (χ2n) is 10.9. The maximum Gasteiger partial charge on any atom is 0.330 e. The molecule has 11 nitrogen and oxygen atoms in total. The van der Waals surface area contributed by atoms with Crippen LogP contribution in [0.5, 0.6) is 0 Å². The minimum atomic E-state index is -1.08. The summed E-state index contributed by atoms with van der Waals surface area (Å²) in [6.45, 7) is 3.77. The van der Waals surface area contributed by atoms with E-state index >= 15 is 0 Å². The molecule has 2 heterocycles. The number of furan rings is 1. The molecule has 0 aliphatic heterocycles. The standard InChI is InChI=1S/C32H38N4O7/c1-20-14-16-22(17-15-20)33-27(37)19-36-18-8-11-25(32(36)41)35-30(39)24(10-5-7-13-28(38)42-3)34-31(40)29-21(2)23-9-4-6-12-26(23)43-29/h4,6-9,11-13,18,20,22,24H,5,10,14-17,19H2,1-3H3,(H,33,37)(H,34,40)(H,35,39)/b13-7+/t20?,22?,24-/m0/s1. The monoisotopic (exact) mass is 590 g/mol. The lowest BCUT2D eigenvalue weighted by Gasteiger charge is -2.27. The highest BCUT2D eigenvalue weighted by atomic mass is 16.5. The van der Waals surface area contributed by atoms with Crippen LogP contribution in [0.1, 0.15) is 61.6 Å². The number of hydrogen-bond acceptors (Lipinski definition) is 7. The number of rotatable bonds is 11. The third-order valence-corrected chi connectivity index (χ3v) is 7.72. The Hall–Kier alpha value is -4.67. The summed E-state index contributed by atoms with van der Waals surface area (Å²) in [4.78, 5) is 63.9. The molecule has 228 valence electrons. The summed E-state index contributed by atoms with van der Waals surface area (Å²) in [5.41, 5.74) is 0.590. The van der Waals surface area contributed by atoms with Crippen molar-refractivity contribution < 1.29 is 28.3 Å². The normalized spacial score (nSPS) is 17.4. The van der Waals surface area contributed by atoms with Gasteiger partial charge < -0.3 is 29.7 Å². The highest BCUT2D eigenvalue weighted by Crippen LogP contribution is 2.25. The average molecular weight is 591 g/mol. The highest BCUT2D eigenvalue weighted by molar-refractivity contribution is 6.03. The van der Waals surface area contributed by atoms with E-state index in [2.05, 4.69) is 27.6 Å². The van der Waals surface area contributed by atoms with Crippen molar-refractivity contribution in [2.45, 2.75) is 71.0 Å². The fourth-order valence-electron chi connectivity index (χ4n) is 5.20. The van der Waals surface area contributed by atoms with E-state index in [4.69, 9.17) is 4.42 Å². The van der Waals surface area contributed by atoms with Crippen LogP contribution in [0.25, 0.3) is 11.0 Å². The average Bonchev–Trinajstić information content (AvgIpc) is 3.34. The Balaban J connectivity index is 1.47. The number of carbonyl (C=O) groups is 4. The van der Waals surface area contributed by atoms with Gasteiger partial charge in [0.2, 0.25) is 11.8 Å². The maximum absolute atomic E-state index is 13.4. The van der Waals surface area contributed by atoms with E-state index < -0.39 is 29.4 Å². The fourth-order valence-corrected chi connectivity index (χ4v) is 5.20. The molecule has 4 rings (SSSR count). The van der Waals surface area contributed by atoms with Crippen LogP contribution < -0.4 is 21.5 Å². The number of amides is 3. The molecule has 1 aliphatic carbocycles. The van der Waals surface area contributed by atoms with Gasteiger partial charge in [-0.2, -0.15) is 0 Å². The van der Waals surface area contributed by atoms with Crippen LogP contribution in [-0.4, -0.2) is 47.5 Å². The van der Waals surface area contributed by atoms with Crippen molar-refractivity contribution in [3.05, 3.63) is 76.4 Å². The molecule has 3 amide bonds. The number of para-hydroxylation sites is 1. The summed E-state index contributed by atoms with van der Waals surface area (Å²) in [5.74, 6) is -1.32. The van der Waals surface area contributed by atoms with Crippen LogP contribution in [0.3, 0.4) is 0 Å². The van der Waals surface area contributed by atoms with Crippen molar-refractivity contribution in [1.82, 2.24) is 15.2 Å². The Bertz CT molecular complexity index is 1560. The zero-order valence-electron chi connectivity index (χ0n) is 24.7. The van der Waals surface area contributed by atoms with Gasteiger partial charge >= 0.3 is 5.97 Å². The van der Waals surface area contributed by atoms with E-state index in [0.29, 0.717) is 17.1 Å². The molecule has 3 N–H and O–H groups in total. The third kappa shape index (κ3) is 8.21. The number of ether oxygens (including phenoxy) is 1. The van der Waals surface area contributed by atoms with Gasteiger partial charge in [-0.1, -0.05) is 31.2 Å². The summed E-state index contributed by atoms with van der Waals surface area (Å²) in [6.07, 6.45) is 8.56. The largest absolute Gasteiger partial charge is 0.466 e. The number of methoxy groups -OCH3 is 1. The van der Waals surface area contributed by atoms with E-state index in [0.717, 1.165) is 31.1 Å². The molecule has 3 aromatic rings. The number of pyridine rings is 1. The minimum Gasteiger partial charge on any atom is -0.466 e. The summed E-state index contributed by atoms with van der Waals surface area (Å²) in [7, 11) is 1.26. The molecule has 0 unspecified atom stereocenters.